The van der Waals surface area contributed by atoms with Crippen molar-refractivity contribution in [1.29, 1.82) is 0 Å². The summed E-state index contributed by atoms with van der Waals surface area (Å²) in [6, 6.07) is 13.7. The van der Waals surface area contributed by atoms with Gasteiger partial charge in [-0.1, -0.05) is 37.3 Å². The molecular weight excluding hydrogens is 410 g/mol. The molecule has 3 rings (SSSR count). The predicted octanol–water partition coefficient (Wildman–Crippen LogP) is 3.25. The number of fused-ring (bicyclic) bond motifs is 1. The Labute approximate surface area is 189 Å². The van der Waals surface area contributed by atoms with Gasteiger partial charge in [0, 0.05) is 19.6 Å². The Morgan fingerprint density at radius 2 is 1.84 bits per heavy atom. The molecule has 2 aromatic rings. The van der Waals surface area contributed by atoms with Crippen LogP contribution >= 0.6 is 12.2 Å². The highest BCUT2D eigenvalue weighted by Gasteiger charge is 2.31. The molecule has 31 heavy (non-hydrogen) atoms. The average Bonchev–Trinajstić information content (AvgIpc) is 2.80. The van der Waals surface area contributed by atoms with Crippen molar-refractivity contribution in [1.82, 2.24) is 15.5 Å². The maximum Gasteiger partial charge on any atom is 0.224 e. The van der Waals surface area contributed by atoms with Gasteiger partial charge in [-0.25, -0.2) is 0 Å². The van der Waals surface area contributed by atoms with Crippen molar-refractivity contribution >= 4 is 23.2 Å². The Morgan fingerprint density at radius 1 is 1.13 bits per heavy atom. The first-order valence-corrected chi connectivity index (χ1v) is 11.1. The molecule has 1 atom stereocenters. The van der Waals surface area contributed by atoms with Crippen molar-refractivity contribution in [2.24, 2.45) is 0 Å². The zero-order chi connectivity index (χ0) is 22.2. The van der Waals surface area contributed by atoms with Gasteiger partial charge < -0.3 is 25.0 Å². The molecule has 1 amide bonds. The summed E-state index contributed by atoms with van der Waals surface area (Å²) in [5.74, 6) is 1.38. The number of thiocarbonyl (C=S) groups is 1. The van der Waals surface area contributed by atoms with Crippen molar-refractivity contribution in [2.45, 2.75) is 32.2 Å². The van der Waals surface area contributed by atoms with E-state index in [0.717, 1.165) is 37.1 Å². The summed E-state index contributed by atoms with van der Waals surface area (Å²) in [6.07, 6.45) is 2.19. The highest BCUT2D eigenvalue weighted by Crippen LogP contribution is 2.38. The SMILES string of the molecule is CCCNC(=S)N1CCc2cc(OC)c(OC)cc2[C@H]1CNC(=O)Cc1ccccc1. The molecule has 0 saturated carbocycles. The number of carbonyl (C=O) groups is 1. The molecule has 1 aliphatic rings. The van der Waals surface area contributed by atoms with Crippen molar-refractivity contribution in [3.05, 3.63) is 59.2 Å². The standard InChI is InChI=1S/C24H31N3O3S/c1-4-11-25-24(31)27-12-10-18-14-21(29-2)22(30-3)15-19(18)20(27)16-26-23(28)13-17-8-6-5-7-9-17/h5-9,14-15,20H,4,10-13,16H2,1-3H3,(H,25,31)(H,26,28)/t20-/m1/s1. The van der Waals surface area contributed by atoms with Gasteiger partial charge in [0.25, 0.3) is 0 Å². The number of nitrogens with one attached hydrogen (secondary N) is 2. The Bertz CT molecular complexity index is 904. The van der Waals surface area contributed by atoms with Crippen molar-refractivity contribution in [3.8, 4) is 11.5 Å². The molecule has 166 valence electrons. The van der Waals surface area contributed by atoms with Gasteiger partial charge in [-0.05, 0) is 53.9 Å². The van der Waals surface area contributed by atoms with Crippen LogP contribution in [0.4, 0.5) is 0 Å². The minimum Gasteiger partial charge on any atom is -0.493 e. The summed E-state index contributed by atoms with van der Waals surface area (Å²) >= 11 is 5.69. The minimum atomic E-state index is -0.0832. The molecule has 1 aliphatic heterocycles. The molecule has 7 heteroatoms. The van der Waals surface area contributed by atoms with E-state index >= 15 is 0 Å². The number of amides is 1. The first-order valence-electron chi connectivity index (χ1n) is 10.7. The Balaban J connectivity index is 1.82. The Kier molecular flexibility index (Phi) is 8.12. The minimum absolute atomic E-state index is 0.00816. The predicted molar refractivity (Wildman–Crippen MR) is 127 cm³/mol. The van der Waals surface area contributed by atoms with Crippen LogP contribution in [0.1, 0.15) is 36.1 Å². The molecule has 0 bridgehead atoms. The second kappa shape index (κ2) is 11.0. The van der Waals surface area contributed by atoms with Gasteiger partial charge in [0.2, 0.25) is 5.91 Å². The fourth-order valence-electron chi connectivity index (χ4n) is 3.88. The van der Waals surface area contributed by atoms with Crippen molar-refractivity contribution in [2.75, 3.05) is 33.9 Å². The van der Waals surface area contributed by atoms with Gasteiger partial charge in [-0.3, -0.25) is 4.79 Å². The van der Waals surface area contributed by atoms with Gasteiger partial charge in [0.05, 0.1) is 26.7 Å². The third-order valence-corrected chi connectivity index (χ3v) is 5.87. The lowest BCUT2D eigenvalue weighted by Gasteiger charge is -2.39. The highest BCUT2D eigenvalue weighted by atomic mass is 32.1. The monoisotopic (exact) mass is 441 g/mol. The molecule has 1 heterocycles. The lowest BCUT2D eigenvalue weighted by Crippen LogP contribution is -2.49. The second-order valence-corrected chi connectivity index (χ2v) is 7.95. The zero-order valence-electron chi connectivity index (χ0n) is 18.4. The van der Waals surface area contributed by atoms with Crippen molar-refractivity contribution < 1.29 is 14.3 Å². The van der Waals surface area contributed by atoms with Crippen LogP contribution in [0.3, 0.4) is 0 Å². The van der Waals surface area contributed by atoms with Crippen LogP contribution in [-0.4, -0.2) is 49.8 Å². The summed E-state index contributed by atoms with van der Waals surface area (Å²) in [5, 5.41) is 7.15. The largest absolute Gasteiger partial charge is 0.493 e. The van der Waals surface area contributed by atoms with Gasteiger partial charge in [-0.2, -0.15) is 0 Å². The molecule has 0 aliphatic carbocycles. The number of nitrogens with zero attached hydrogens (tertiary/aromatic N) is 1. The van der Waals surface area contributed by atoms with E-state index in [1.165, 1.54) is 5.56 Å². The quantitative estimate of drug-likeness (QED) is 0.614. The van der Waals surface area contributed by atoms with Gasteiger partial charge in [0.15, 0.2) is 16.6 Å². The third-order valence-electron chi connectivity index (χ3n) is 5.49. The Morgan fingerprint density at radius 3 is 2.52 bits per heavy atom. The maximum atomic E-state index is 12.6. The molecule has 0 saturated heterocycles. The number of carbonyl (C=O) groups excluding carboxylic acids is 1. The van der Waals surface area contributed by atoms with E-state index in [1.807, 2.05) is 42.5 Å². The third kappa shape index (κ3) is 5.67. The van der Waals surface area contributed by atoms with Crippen LogP contribution < -0.4 is 20.1 Å². The molecule has 0 unspecified atom stereocenters. The van der Waals surface area contributed by atoms with Gasteiger partial charge >= 0.3 is 0 Å². The molecular formula is C24H31N3O3S. The molecule has 2 aromatic carbocycles. The molecule has 2 N–H and O–H groups in total. The van der Waals surface area contributed by atoms with E-state index in [9.17, 15) is 4.79 Å². The first-order chi connectivity index (χ1) is 15.1. The second-order valence-electron chi connectivity index (χ2n) is 7.56. The lowest BCUT2D eigenvalue weighted by atomic mass is 9.92. The molecule has 0 spiro atoms. The van der Waals surface area contributed by atoms with Crippen LogP contribution in [0.25, 0.3) is 0 Å². The molecule has 6 nitrogen and oxygen atoms in total. The molecule has 0 aromatic heterocycles. The molecule has 0 fully saturated rings. The summed E-state index contributed by atoms with van der Waals surface area (Å²) in [5.41, 5.74) is 3.28. The van der Waals surface area contributed by atoms with E-state index in [-0.39, 0.29) is 11.9 Å². The maximum absolute atomic E-state index is 12.6. The van der Waals surface area contributed by atoms with Crippen LogP contribution in [-0.2, 0) is 17.6 Å². The fourth-order valence-corrected chi connectivity index (χ4v) is 4.20. The summed E-state index contributed by atoms with van der Waals surface area (Å²) in [7, 11) is 3.28. The van der Waals surface area contributed by atoms with E-state index < -0.39 is 0 Å². The van der Waals surface area contributed by atoms with Crippen molar-refractivity contribution in [3.63, 3.8) is 0 Å². The number of ether oxygens (including phenoxy) is 2. The van der Waals surface area contributed by atoms with Crippen LogP contribution in [0.5, 0.6) is 11.5 Å². The molecule has 0 radical (unpaired) electrons. The first kappa shape index (κ1) is 22.9. The smallest absolute Gasteiger partial charge is 0.224 e. The highest BCUT2D eigenvalue weighted by molar-refractivity contribution is 7.80. The fraction of sp³-hybridized carbons (Fsp3) is 0.417. The number of hydrogen-bond acceptors (Lipinski definition) is 4. The van der Waals surface area contributed by atoms with E-state index in [0.29, 0.717) is 29.6 Å². The summed E-state index contributed by atoms with van der Waals surface area (Å²) < 4.78 is 11.0. The normalized spacial score (nSPS) is 15.1. The van der Waals surface area contributed by atoms with E-state index in [4.69, 9.17) is 21.7 Å². The van der Waals surface area contributed by atoms with Crippen LogP contribution in [0.15, 0.2) is 42.5 Å². The Hall–Kier alpha value is -2.80. The average molecular weight is 442 g/mol. The number of benzene rings is 2. The lowest BCUT2D eigenvalue weighted by molar-refractivity contribution is -0.120. The van der Waals surface area contributed by atoms with E-state index in [1.54, 1.807) is 14.2 Å². The zero-order valence-corrected chi connectivity index (χ0v) is 19.3. The summed E-state index contributed by atoms with van der Waals surface area (Å²) in [6.45, 7) is 4.17. The number of hydrogen-bond donors (Lipinski definition) is 2. The summed E-state index contributed by atoms with van der Waals surface area (Å²) in [4.78, 5) is 14.8. The number of rotatable bonds is 8. The van der Waals surface area contributed by atoms with Gasteiger partial charge in [-0.15, -0.1) is 0 Å². The van der Waals surface area contributed by atoms with Crippen LogP contribution in [0, 0.1) is 0 Å². The van der Waals surface area contributed by atoms with Gasteiger partial charge in [0.1, 0.15) is 0 Å². The van der Waals surface area contributed by atoms with E-state index in [2.05, 4.69) is 22.5 Å². The number of methoxy groups -OCH3 is 2. The topological polar surface area (TPSA) is 62.8 Å². The van der Waals surface area contributed by atoms with Crippen LogP contribution in [0.2, 0.25) is 0 Å².